The highest BCUT2D eigenvalue weighted by atomic mass is 35.5. The average Bonchev–Trinajstić information content (AvgIpc) is 3.20. The number of piperidine rings is 1. The van der Waals surface area contributed by atoms with Crippen molar-refractivity contribution in [1.29, 1.82) is 0 Å². The molecule has 3 aromatic rings. The van der Waals surface area contributed by atoms with E-state index in [1.807, 2.05) is 24.5 Å². The van der Waals surface area contributed by atoms with Crippen molar-refractivity contribution < 1.29 is 0 Å². The Morgan fingerprint density at radius 2 is 2.12 bits per heavy atom. The van der Waals surface area contributed by atoms with Crippen molar-refractivity contribution in [3.8, 4) is 0 Å². The Morgan fingerprint density at radius 3 is 3.04 bits per heavy atom. The summed E-state index contributed by atoms with van der Waals surface area (Å²) in [4.78, 5) is 6.87. The van der Waals surface area contributed by atoms with E-state index in [4.69, 9.17) is 11.6 Å². The van der Waals surface area contributed by atoms with Gasteiger partial charge >= 0.3 is 0 Å². The quantitative estimate of drug-likeness (QED) is 0.698. The lowest BCUT2D eigenvalue weighted by Gasteiger charge is -2.34. The summed E-state index contributed by atoms with van der Waals surface area (Å²) >= 11 is 6.16. The molecule has 0 amide bonds. The summed E-state index contributed by atoms with van der Waals surface area (Å²) in [6.45, 7) is 2.07. The zero-order chi connectivity index (χ0) is 17.6. The van der Waals surface area contributed by atoms with Gasteiger partial charge in [-0.05, 0) is 49.1 Å². The van der Waals surface area contributed by atoms with Gasteiger partial charge in [0.15, 0.2) is 0 Å². The third-order valence-corrected chi connectivity index (χ3v) is 6.19. The molecule has 5 rings (SSSR count). The highest BCUT2D eigenvalue weighted by molar-refractivity contribution is 6.30. The van der Waals surface area contributed by atoms with E-state index in [0.29, 0.717) is 6.04 Å². The number of hydrogen-bond donors (Lipinski definition) is 1. The number of halogens is 1. The molecule has 4 heteroatoms. The summed E-state index contributed by atoms with van der Waals surface area (Å²) in [7, 11) is 0. The van der Waals surface area contributed by atoms with E-state index < -0.39 is 0 Å². The van der Waals surface area contributed by atoms with Gasteiger partial charge in [0.05, 0.1) is 5.54 Å². The molecule has 26 heavy (non-hydrogen) atoms. The van der Waals surface area contributed by atoms with Gasteiger partial charge in [0.2, 0.25) is 0 Å². The highest BCUT2D eigenvalue weighted by Crippen LogP contribution is 2.44. The molecule has 0 spiro atoms. The van der Waals surface area contributed by atoms with E-state index in [0.717, 1.165) is 18.1 Å². The summed E-state index contributed by atoms with van der Waals surface area (Å²) < 4.78 is 0. The van der Waals surface area contributed by atoms with Gasteiger partial charge in [-0.25, -0.2) is 0 Å². The zero-order valence-electron chi connectivity index (χ0n) is 14.7. The Kier molecular flexibility index (Phi) is 3.87. The first-order valence-corrected chi connectivity index (χ1v) is 9.68. The molecule has 1 saturated carbocycles. The van der Waals surface area contributed by atoms with E-state index in [9.17, 15) is 0 Å². The number of rotatable bonds is 4. The van der Waals surface area contributed by atoms with Crippen LogP contribution in [-0.4, -0.2) is 28.0 Å². The number of benzene rings is 2. The number of likely N-dealkylation sites (tertiary alicyclic amines) is 1. The molecule has 2 aliphatic rings. The first kappa shape index (κ1) is 16.1. The third kappa shape index (κ3) is 2.85. The van der Waals surface area contributed by atoms with Gasteiger partial charge in [-0.15, -0.1) is 0 Å². The van der Waals surface area contributed by atoms with Crippen molar-refractivity contribution >= 4 is 28.1 Å². The van der Waals surface area contributed by atoms with Gasteiger partial charge < -0.3 is 5.32 Å². The fourth-order valence-corrected chi connectivity index (χ4v) is 5.01. The van der Waals surface area contributed by atoms with Crippen molar-refractivity contribution in [2.75, 3.05) is 11.9 Å². The van der Waals surface area contributed by atoms with Crippen molar-refractivity contribution in [3.05, 3.63) is 71.5 Å². The molecular formula is C22H22ClN3. The smallest absolute Gasteiger partial charge is 0.0516 e. The van der Waals surface area contributed by atoms with E-state index >= 15 is 0 Å². The van der Waals surface area contributed by atoms with E-state index in [1.165, 1.54) is 41.3 Å². The molecule has 2 aromatic carbocycles. The second-order valence-corrected chi connectivity index (χ2v) is 8.18. The van der Waals surface area contributed by atoms with Crippen LogP contribution in [0.25, 0.3) is 10.8 Å². The molecule has 0 radical (unpaired) electrons. The molecule has 2 bridgehead atoms. The van der Waals surface area contributed by atoms with Crippen molar-refractivity contribution in [3.63, 3.8) is 0 Å². The maximum atomic E-state index is 6.16. The minimum atomic E-state index is 0.181. The topological polar surface area (TPSA) is 28.2 Å². The van der Waals surface area contributed by atoms with E-state index in [1.54, 1.807) is 0 Å². The Hall–Kier alpha value is -2.10. The van der Waals surface area contributed by atoms with Crippen LogP contribution >= 0.6 is 11.6 Å². The number of nitrogens with one attached hydrogen (secondary N) is 1. The molecule has 132 valence electrons. The van der Waals surface area contributed by atoms with Gasteiger partial charge in [-0.1, -0.05) is 35.9 Å². The highest BCUT2D eigenvalue weighted by Gasteiger charge is 2.49. The summed E-state index contributed by atoms with van der Waals surface area (Å²) in [6, 6.07) is 17.5. The monoisotopic (exact) mass is 363 g/mol. The normalized spacial score (nSPS) is 25.0. The lowest BCUT2D eigenvalue weighted by atomic mass is 9.97. The Bertz CT molecular complexity index is 952. The molecule has 3 nitrogen and oxygen atoms in total. The Balaban J connectivity index is 1.38. The Morgan fingerprint density at radius 1 is 1.19 bits per heavy atom. The van der Waals surface area contributed by atoms with Crippen LogP contribution < -0.4 is 5.32 Å². The summed E-state index contributed by atoms with van der Waals surface area (Å²) in [5.41, 5.74) is 2.72. The van der Waals surface area contributed by atoms with Crippen LogP contribution in [-0.2, 0) is 6.54 Å². The van der Waals surface area contributed by atoms with Crippen molar-refractivity contribution in [2.45, 2.75) is 37.4 Å². The number of hydrogen-bond acceptors (Lipinski definition) is 3. The average molecular weight is 364 g/mol. The molecule has 2 fully saturated rings. The fourth-order valence-electron chi connectivity index (χ4n) is 4.80. The molecule has 1 aliphatic heterocycles. The molecule has 2 unspecified atom stereocenters. The van der Waals surface area contributed by atoms with Gasteiger partial charge in [-0.3, -0.25) is 9.88 Å². The molecule has 1 saturated heterocycles. The SMILES string of the molecule is Clc1cccc(CN2CC3(Nc4cccc5cnccc45)CCC2C3)c1. The van der Waals surface area contributed by atoms with Gasteiger partial charge in [-0.2, -0.15) is 0 Å². The third-order valence-electron chi connectivity index (χ3n) is 5.96. The summed E-state index contributed by atoms with van der Waals surface area (Å²) in [5.74, 6) is 0. The maximum Gasteiger partial charge on any atom is 0.0516 e. The van der Waals surface area contributed by atoms with Crippen LogP contribution in [0.2, 0.25) is 5.02 Å². The number of pyridine rings is 1. The summed E-state index contributed by atoms with van der Waals surface area (Å²) in [5, 5.41) is 7.19. The number of nitrogens with zero attached hydrogens (tertiary/aromatic N) is 2. The first-order chi connectivity index (χ1) is 12.7. The van der Waals surface area contributed by atoms with Crippen LogP contribution in [0.4, 0.5) is 5.69 Å². The minimum absolute atomic E-state index is 0.181. The molecule has 1 N–H and O–H groups in total. The number of aromatic nitrogens is 1. The van der Waals surface area contributed by atoms with Gasteiger partial charge in [0.25, 0.3) is 0 Å². The molecular weight excluding hydrogens is 342 g/mol. The van der Waals surface area contributed by atoms with E-state index in [-0.39, 0.29) is 5.54 Å². The van der Waals surface area contributed by atoms with Crippen LogP contribution in [0.15, 0.2) is 60.9 Å². The van der Waals surface area contributed by atoms with Crippen molar-refractivity contribution in [1.82, 2.24) is 9.88 Å². The Labute approximate surface area is 159 Å². The first-order valence-electron chi connectivity index (χ1n) is 9.30. The lowest BCUT2D eigenvalue weighted by Crippen LogP contribution is -2.43. The predicted octanol–water partition coefficient (Wildman–Crippen LogP) is 5.11. The predicted molar refractivity (Wildman–Crippen MR) is 108 cm³/mol. The maximum absolute atomic E-state index is 6.16. The lowest BCUT2D eigenvalue weighted by molar-refractivity contribution is 0.200. The van der Waals surface area contributed by atoms with Crippen LogP contribution in [0.5, 0.6) is 0 Å². The zero-order valence-corrected chi connectivity index (χ0v) is 15.4. The number of fused-ring (bicyclic) bond motifs is 3. The van der Waals surface area contributed by atoms with Gasteiger partial charge in [0, 0.05) is 53.0 Å². The van der Waals surface area contributed by atoms with Gasteiger partial charge in [0.1, 0.15) is 0 Å². The fraction of sp³-hybridized carbons (Fsp3) is 0.318. The number of anilines is 1. The standard InChI is InChI=1S/C22H22ClN3/c23-18-5-1-3-16(11-18)14-26-15-22(9-7-19(26)12-22)25-21-6-2-4-17-13-24-10-8-20(17)21/h1-6,8,10-11,13,19,25H,7,9,12,14-15H2. The van der Waals surface area contributed by atoms with Crippen LogP contribution in [0, 0.1) is 0 Å². The van der Waals surface area contributed by atoms with Crippen LogP contribution in [0.3, 0.4) is 0 Å². The second kappa shape index (κ2) is 6.26. The van der Waals surface area contributed by atoms with E-state index in [2.05, 4.69) is 51.6 Å². The molecule has 1 aliphatic carbocycles. The molecule has 2 heterocycles. The summed E-state index contributed by atoms with van der Waals surface area (Å²) in [6.07, 6.45) is 7.54. The largest absolute Gasteiger partial charge is 0.378 e. The minimum Gasteiger partial charge on any atom is -0.378 e. The van der Waals surface area contributed by atoms with Crippen molar-refractivity contribution in [2.24, 2.45) is 0 Å². The molecule has 2 atom stereocenters. The molecule has 1 aromatic heterocycles. The second-order valence-electron chi connectivity index (χ2n) is 7.74. The van der Waals surface area contributed by atoms with Crippen LogP contribution in [0.1, 0.15) is 24.8 Å².